The molecule has 3 unspecified atom stereocenters. The van der Waals surface area contributed by atoms with Gasteiger partial charge in [-0.05, 0) is 37.5 Å². The highest BCUT2D eigenvalue weighted by Crippen LogP contribution is 2.45. The van der Waals surface area contributed by atoms with Gasteiger partial charge in [-0.1, -0.05) is 273 Å². The summed E-state index contributed by atoms with van der Waals surface area (Å²) < 4.78 is 67.9. The van der Waals surface area contributed by atoms with Crippen LogP contribution in [0.1, 0.15) is 324 Å². The first-order valence-corrected chi connectivity index (χ1v) is 37.0. The van der Waals surface area contributed by atoms with Crippen LogP contribution in [0.15, 0.2) is 0 Å². The molecule has 0 aromatic heterocycles. The summed E-state index contributed by atoms with van der Waals surface area (Å²) in [6.07, 6.45) is 40.5. The smallest absolute Gasteiger partial charge is 0.462 e. The van der Waals surface area contributed by atoms with Gasteiger partial charge in [-0.25, -0.2) is 9.13 Å². The average Bonchev–Trinajstić information content (AvgIpc) is 3.65. The molecule has 0 radical (unpaired) electrons. The van der Waals surface area contributed by atoms with Crippen molar-refractivity contribution in [2.24, 2.45) is 11.8 Å². The number of carbonyl (C=O) groups is 4. The molecule has 17 nitrogen and oxygen atoms in total. The number of ether oxygens (including phenoxy) is 4. The molecule has 0 aromatic carbocycles. The van der Waals surface area contributed by atoms with Crippen molar-refractivity contribution in [1.29, 1.82) is 0 Å². The third kappa shape index (κ3) is 57.8. The van der Waals surface area contributed by atoms with Gasteiger partial charge in [-0.15, -0.1) is 0 Å². The molecule has 0 rings (SSSR count). The van der Waals surface area contributed by atoms with E-state index in [1.54, 1.807) is 0 Å². The third-order valence-corrected chi connectivity index (χ3v) is 17.2. The number of aliphatic hydroxyl groups is 1. The summed E-state index contributed by atoms with van der Waals surface area (Å²) in [5.41, 5.74) is 0. The summed E-state index contributed by atoms with van der Waals surface area (Å²) in [4.78, 5) is 72.0. The fraction of sp³-hybridized carbons (Fsp3) is 0.938. The van der Waals surface area contributed by atoms with Gasteiger partial charge < -0.3 is 33.8 Å². The number of hydrogen-bond donors (Lipinski definition) is 3. The van der Waals surface area contributed by atoms with Gasteiger partial charge in [0.15, 0.2) is 12.2 Å². The molecule has 0 heterocycles. The maximum atomic E-state index is 13.0. The molecule has 498 valence electrons. The van der Waals surface area contributed by atoms with Crippen LogP contribution < -0.4 is 0 Å². The number of rotatable bonds is 64. The number of phosphoric ester groups is 2. The van der Waals surface area contributed by atoms with E-state index in [2.05, 4.69) is 41.5 Å². The number of phosphoric acid groups is 2. The first-order valence-electron chi connectivity index (χ1n) is 34.0. The molecule has 0 aliphatic heterocycles. The monoisotopic (exact) mass is 1240 g/mol. The van der Waals surface area contributed by atoms with Crippen LogP contribution in [0.3, 0.4) is 0 Å². The second-order valence-corrected chi connectivity index (χ2v) is 27.1. The lowest BCUT2D eigenvalue weighted by Crippen LogP contribution is -2.30. The van der Waals surface area contributed by atoms with Crippen LogP contribution in [-0.2, 0) is 65.4 Å². The van der Waals surface area contributed by atoms with Crippen molar-refractivity contribution in [3.8, 4) is 0 Å². The third-order valence-electron chi connectivity index (χ3n) is 15.3. The lowest BCUT2D eigenvalue weighted by atomic mass is 9.99. The van der Waals surface area contributed by atoms with Crippen molar-refractivity contribution in [2.75, 3.05) is 39.6 Å². The Morgan fingerprint density at radius 1 is 0.345 bits per heavy atom. The average molecular weight is 1240 g/mol. The number of aliphatic hydroxyl groups excluding tert-OH is 1. The Bertz CT molecular complexity index is 1650. The highest BCUT2D eigenvalue weighted by atomic mass is 31.2. The van der Waals surface area contributed by atoms with Crippen LogP contribution in [0, 0.1) is 11.8 Å². The van der Waals surface area contributed by atoms with Gasteiger partial charge >= 0.3 is 39.5 Å². The van der Waals surface area contributed by atoms with Gasteiger partial charge in [-0.3, -0.25) is 37.3 Å². The van der Waals surface area contributed by atoms with Crippen molar-refractivity contribution in [3.63, 3.8) is 0 Å². The van der Waals surface area contributed by atoms with Crippen LogP contribution in [0.5, 0.6) is 0 Å². The highest BCUT2D eigenvalue weighted by Gasteiger charge is 2.30. The van der Waals surface area contributed by atoms with E-state index in [0.717, 1.165) is 108 Å². The van der Waals surface area contributed by atoms with Crippen LogP contribution in [0.4, 0.5) is 0 Å². The predicted octanol–water partition coefficient (Wildman–Crippen LogP) is 18.0. The zero-order valence-corrected chi connectivity index (χ0v) is 56.0. The SMILES string of the molecule is CCCCCCCCCCCCCC(=O)O[C@H](COC(=O)CCCCCCC)COP(=O)(O)OC[C@H](O)COP(=O)(O)OC[C@@H](COC(=O)CCCCCCCCCCCCC(C)CC)OC(=O)CCCCCCCCCCCCCC(C)C. The maximum Gasteiger partial charge on any atom is 0.472 e. The second kappa shape index (κ2) is 57.5. The largest absolute Gasteiger partial charge is 0.472 e. The molecule has 0 spiro atoms. The summed E-state index contributed by atoms with van der Waals surface area (Å²) in [6, 6.07) is 0. The molecule has 0 saturated heterocycles. The first kappa shape index (κ1) is 82.1. The van der Waals surface area contributed by atoms with Crippen LogP contribution in [-0.4, -0.2) is 96.7 Å². The molecule has 19 heteroatoms. The lowest BCUT2D eigenvalue weighted by molar-refractivity contribution is -0.161. The van der Waals surface area contributed by atoms with Crippen LogP contribution in [0.2, 0.25) is 0 Å². The molecule has 0 aliphatic carbocycles. The Kier molecular flexibility index (Phi) is 56.2. The van der Waals surface area contributed by atoms with Crippen molar-refractivity contribution in [2.45, 2.75) is 342 Å². The van der Waals surface area contributed by atoms with Gasteiger partial charge in [0.2, 0.25) is 0 Å². The Morgan fingerprint density at radius 2 is 0.607 bits per heavy atom. The van der Waals surface area contributed by atoms with E-state index < -0.39 is 97.5 Å². The summed E-state index contributed by atoms with van der Waals surface area (Å²) in [5, 5.41) is 10.5. The van der Waals surface area contributed by atoms with Crippen molar-refractivity contribution >= 4 is 39.5 Å². The fourth-order valence-electron chi connectivity index (χ4n) is 9.68. The van der Waals surface area contributed by atoms with Gasteiger partial charge in [0.1, 0.15) is 19.3 Å². The quantitative estimate of drug-likeness (QED) is 0.0222. The van der Waals surface area contributed by atoms with E-state index in [1.807, 2.05) is 0 Å². The molecule has 84 heavy (non-hydrogen) atoms. The van der Waals surface area contributed by atoms with Gasteiger partial charge in [-0.2, -0.15) is 0 Å². The molecule has 0 fully saturated rings. The molecule has 6 atom stereocenters. The highest BCUT2D eigenvalue weighted by molar-refractivity contribution is 7.47. The van der Waals surface area contributed by atoms with Gasteiger partial charge in [0.25, 0.3) is 0 Å². The minimum absolute atomic E-state index is 0.106. The molecular formula is C65H126O17P2. The Labute approximate surface area is 511 Å². The van der Waals surface area contributed by atoms with Crippen molar-refractivity contribution in [3.05, 3.63) is 0 Å². The Hall–Kier alpha value is -1.94. The molecule has 0 amide bonds. The molecular weight excluding hydrogens is 1110 g/mol. The molecule has 0 bridgehead atoms. The second-order valence-electron chi connectivity index (χ2n) is 24.2. The topological polar surface area (TPSA) is 237 Å². The summed E-state index contributed by atoms with van der Waals surface area (Å²) >= 11 is 0. The fourth-order valence-corrected chi connectivity index (χ4v) is 11.3. The van der Waals surface area contributed by atoms with E-state index >= 15 is 0 Å². The van der Waals surface area contributed by atoms with Crippen molar-refractivity contribution < 1.29 is 80.2 Å². The Morgan fingerprint density at radius 3 is 0.905 bits per heavy atom. The zero-order valence-electron chi connectivity index (χ0n) is 54.2. The number of unbranched alkanes of at least 4 members (excludes halogenated alkanes) is 33. The van der Waals surface area contributed by atoms with Crippen LogP contribution >= 0.6 is 15.6 Å². The van der Waals surface area contributed by atoms with Gasteiger partial charge in [0.05, 0.1) is 26.4 Å². The van der Waals surface area contributed by atoms with E-state index in [1.165, 1.54) is 135 Å². The molecule has 0 aromatic rings. The minimum atomic E-state index is -4.95. The Balaban J connectivity index is 5.18. The number of esters is 4. The minimum Gasteiger partial charge on any atom is -0.462 e. The normalized spacial score (nSPS) is 14.6. The van der Waals surface area contributed by atoms with E-state index in [4.69, 9.17) is 37.0 Å². The lowest BCUT2D eigenvalue weighted by Gasteiger charge is -2.21. The molecule has 0 aliphatic rings. The van der Waals surface area contributed by atoms with Gasteiger partial charge in [0, 0.05) is 25.7 Å². The zero-order chi connectivity index (χ0) is 62.2. The molecule has 0 saturated carbocycles. The summed E-state index contributed by atoms with van der Waals surface area (Å²) in [6.45, 7) is 9.45. The van der Waals surface area contributed by atoms with E-state index in [-0.39, 0.29) is 25.7 Å². The summed E-state index contributed by atoms with van der Waals surface area (Å²) in [5.74, 6) is -0.567. The number of carbonyl (C=O) groups excluding carboxylic acids is 4. The number of hydrogen-bond acceptors (Lipinski definition) is 15. The maximum absolute atomic E-state index is 13.0. The van der Waals surface area contributed by atoms with Crippen molar-refractivity contribution in [1.82, 2.24) is 0 Å². The first-order chi connectivity index (χ1) is 40.4. The van der Waals surface area contributed by atoms with E-state index in [9.17, 15) is 43.2 Å². The molecule has 3 N–H and O–H groups in total. The van der Waals surface area contributed by atoms with Crippen LogP contribution in [0.25, 0.3) is 0 Å². The standard InChI is InChI=1S/C65H126O17P2/c1-7-10-12-14-15-16-18-26-31-37-43-49-64(69)81-60(53-75-62(67)47-41-33-13-11-8-2)55-79-83(71,72)77-51-59(66)52-78-84(73,74)80-56-61(82-65(70)50-44-38-32-27-20-17-19-23-28-34-39-45-57(4)5)54-76-63(68)48-42-36-30-25-22-21-24-29-35-40-46-58(6)9-3/h57-61,66H,7-56H2,1-6H3,(H,71,72)(H,73,74)/t58?,59-,60+,61+/m0/s1. The predicted molar refractivity (Wildman–Crippen MR) is 335 cm³/mol. The van der Waals surface area contributed by atoms with E-state index in [0.29, 0.717) is 25.7 Å². The summed E-state index contributed by atoms with van der Waals surface area (Å²) in [7, 11) is -9.88.